The third-order valence-corrected chi connectivity index (χ3v) is 6.30. The van der Waals surface area contributed by atoms with Crippen molar-refractivity contribution < 1.29 is 23.8 Å². The van der Waals surface area contributed by atoms with Gasteiger partial charge in [0, 0.05) is 17.7 Å². The highest BCUT2D eigenvalue weighted by Crippen LogP contribution is 2.44. The minimum atomic E-state index is -0.740. The summed E-state index contributed by atoms with van der Waals surface area (Å²) in [6.07, 6.45) is -0.140. The second-order valence-electron chi connectivity index (χ2n) is 9.21. The number of hydrogen-bond donors (Lipinski definition) is 2. The predicted molar refractivity (Wildman–Crippen MR) is 133 cm³/mol. The molecule has 2 N–H and O–H groups in total. The van der Waals surface area contributed by atoms with Gasteiger partial charge in [0.25, 0.3) is 0 Å². The summed E-state index contributed by atoms with van der Waals surface area (Å²) in [4.78, 5) is 25.8. The maximum Gasteiger partial charge on any atom is 0.407 e. The van der Waals surface area contributed by atoms with Crippen LogP contribution in [0.4, 0.5) is 10.5 Å². The molecule has 0 bridgehead atoms. The van der Waals surface area contributed by atoms with E-state index in [2.05, 4.69) is 34.9 Å². The van der Waals surface area contributed by atoms with Gasteiger partial charge in [-0.3, -0.25) is 4.79 Å². The molecule has 0 spiro atoms. The standard InChI is InChI=1S/C28H28N2O5/c1-17(2)13-24(27(31)29-18-11-12-25-26(14-18)35-16-34-25)30-28(32)33-15-23-21-9-5-3-7-19(21)20-8-4-6-10-22(20)23/h3-12,14,17,23-24H,13,15-16H2,1-2H3,(H,29,31)(H,30,32). The summed E-state index contributed by atoms with van der Waals surface area (Å²) in [5.74, 6) is 1.05. The van der Waals surface area contributed by atoms with E-state index in [9.17, 15) is 9.59 Å². The van der Waals surface area contributed by atoms with Crippen LogP contribution in [0.3, 0.4) is 0 Å². The molecule has 0 aromatic heterocycles. The highest BCUT2D eigenvalue weighted by molar-refractivity contribution is 5.96. The van der Waals surface area contributed by atoms with Gasteiger partial charge in [-0.15, -0.1) is 0 Å². The Morgan fingerprint density at radius 2 is 1.60 bits per heavy atom. The summed E-state index contributed by atoms with van der Waals surface area (Å²) in [5, 5.41) is 5.62. The summed E-state index contributed by atoms with van der Waals surface area (Å²) in [6.45, 7) is 4.35. The van der Waals surface area contributed by atoms with E-state index in [1.807, 2.05) is 38.1 Å². The van der Waals surface area contributed by atoms with Crippen molar-refractivity contribution >= 4 is 17.7 Å². The summed E-state index contributed by atoms with van der Waals surface area (Å²) in [7, 11) is 0. The van der Waals surface area contributed by atoms with Crippen LogP contribution in [0.25, 0.3) is 11.1 Å². The second-order valence-corrected chi connectivity index (χ2v) is 9.21. The maximum atomic E-state index is 13.0. The fourth-order valence-corrected chi connectivity index (χ4v) is 4.69. The first-order valence-corrected chi connectivity index (χ1v) is 11.8. The van der Waals surface area contributed by atoms with E-state index in [4.69, 9.17) is 14.2 Å². The lowest BCUT2D eigenvalue weighted by molar-refractivity contribution is -0.118. The summed E-state index contributed by atoms with van der Waals surface area (Å²) in [6, 6.07) is 20.8. The molecule has 2 amide bonds. The number of carbonyl (C=O) groups excluding carboxylic acids is 2. The van der Waals surface area contributed by atoms with Gasteiger partial charge < -0.3 is 24.8 Å². The SMILES string of the molecule is CC(C)CC(NC(=O)OCC1c2ccccc2-c2ccccc21)C(=O)Nc1ccc2c(c1)OCO2. The van der Waals surface area contributed by atoms with E-state index in [1.165, 1.54) is 0 Å². The molecule has 1 unspecified atom stereocenters. The number of hydrogen-bond acceptors (Lipinski definition) is 5. The number of rotatable bonds is 7. The highest BCUT2D eigenvalue weighted by atomic mass is 16.7. The number of alkyl carbamates (subject to hydrolysis) is 1. The maximum absolute atomic E-state index is 13.0. The lowest BCUT2D eigenvalue weighted by Gasteiger charge is -2.21. The summed E-state index contributed by atoms with van der Waals surface area (Å²) >= 11 is 0. The molecule has 2 aliphatic rings. The number of fused-ring (bicyclic) bond motifs is 4. The molecule has 1 aliphatic heterocycles. The van der Waals surface area contributed by atoms with Crippen molar-refractivity contribution in [1.29, 1.82) is 0 Å². The quantitative estimate of drug-likeness (QED) is 0.487. The fraction of sp³-hybridized carbons (Fsp3) is 0.286. The first kappa shape index (κ1) is 22.8. The van der Waals surface area contributed by atoms with Crippen LogP contribution >= 0.6 is 0 Å². The molecule has 3 aromatic carbocycles. The molecular formula is C28H28N2O5. The lowest BCUT2D eigenvalue weighted by Crippen LogP contribution is -2.45. The van der Waals surface area contributed by atoms with Crippen molar-refractivity contribution in [3.8, 4) is 22.6 Å². The molecule has 0 saturated carbocycles. The van der Waals surface area contributed by atoms with E-state index in [0.29, 0.717) is 23.6 Å². The smallest absolute Gasteiger partial charge is 0.407 e. The molecule has 1 aliphatic carbocycles. The van der Waals surface area contributed by atoms with E-state index in [0.717, 1.165) is 22.3 Å². The van der Waals surface area contributed by atoms with Gasteiger partial charge in [0.1, 0.15) is 12.6 Å². The Hall–Kier alpha value is -4.00. The Bertz CT molecular complexity index is 1210. The molecule has 7 nitrogen and oxygen atoms in total. The second kappa shape index (κ2) is 9.70. The lowest BCUT2D eigenvalue weighted by atomic mass is 9.98. The predicted octanol–water partition coefficient (Wildman–Crippen LogP) is 5.31. The van der Waals surface area contributed by atoms with Gasteiger partial charge in [0.05, 0.1) is 0 Å². The van der Waals surface area contributed by atoms with Crippen molar-refractivity contribution in [2.45, 2.75) is 32.2 Å². The van der Waals surface area contributed by atoms with Gasteiger partial charge >= 0.3 is 6.09 Å². The first-order chi connectivity index (χ1) is 17.0. The Labute approximate surface area is 204 Å². The Kier molecular flexibility index (Phi) is 6.31. The summed E-state index contributed by atoms with van der Waals surface area (Å²) in [5.41, 5.74) is 5.18. The topological polar surface area (TPSA) is 85.9 Å². The number of ether oxygens (including phenoxy) is 3. The molecule has 35 heavy (non-hydrogen) atoms. The number of anilines is 1. The van der Waals surface area contributed by atoms with Gasteiger partial charge in [-0.2, -0.15) is 0 Å². The molecular weight excluding hydrogens is 444 g/mol. The third kappa shape index (κ3) is 4.80. The molecule has 7 heteroatoms. The molecule has 1 heterocycles. The molecule has 0 saturated heterocycles. The van der Waals surface area contributed by atoms with Crippen LogP contribution in [0.15, 0.2) is 66.7 Å². The average molecular weight is 473 g/mol. The van der Waals surface area contributed by atoms with Gasteiger partial charge in [0.15, 0.2) is 11.5 Å². The zero-order chi connectivity index (χ0) is 24.4. The van der Waals surface area contributed by atoms with Crippen molar-refractivity contribution in [3.05, 3.63) is 77.9 Å². The van der Waals surface area contributed by atoms with Crippen LogP contribution in [-0.2, 0) is 9.53 Å². The van der Waals surface area contributed by atoms with E-state index < -0.39 is 12.1 Å². The molecule has 0 radical (unpaired) electrons. The van der Waals surface area contributed by atoms with E-state index in [-0.39, 0.29) is 31.1 Å². The zero-order valence-electron chi connectivity index (χ0n) is 19.7. The van der Waals surface area contributed by atoms with E-state index in [1.54, 1.807) is 18.2 Å². The van der Waals surface area contributed by atoms with Crippen LogP contribution in [0.1, 0.15) is 37.3 Å². The highest BCUT2D eigenvalue weighted by Gasteiger charge is 2.30. The Morgan fingerprint density at radius 1 is 0.943 bits per heavy atom. The summed E-state index contributed by atoms with van der Waals surface area (Å²) < 4.78 is 16.3. The third-order valence-electron chi connectivity index (χ3n) is 6.30. The number of benzene rings is 3. The minimum Gasteiger partial charge on any atom is -0.454 e. The number of carbonyl (C=O) groups is 2. The Morgan fingerprint density at radius 3 is 2.29 bits per heavy atom. The minimum absolute atomic E-state index is 0.0424. The average Bonchev–Trinajstić information content (AvgIpc) is 3.44. The van der Waals surface area contributed by atoms with Crippen LogP contribution in [-0.4, -0.2) is 31.4 Å². The van der Waals surface area contributed by atoms with Crippen molar-refractivity contribution in [2.75, 3.05) is 18.7 Å². The molecule has 3 aromatic rings. The van der Waals surface area contributed by atoms with Crippen molar-refractivity contribution in [1.82, 2.24) is 5.32 Å². The first-order valence-electron chi connectivity index (χ1n) is 11.8. The van der Waals surface area contributed by atoms with Crippen LogP contribution in [0.5, 0.6) is 11.5 Å². The van der Waals surface area contributed by atoms with Gasteiger partial charge in [-0.25, -0.2) is 4.79 Å². The van der Waals surface area contributed by atoms with Gasteiger partial charge in [-0.1, -0.05) is 62.4 Å². The van der Waals surface area contributed by atoms with Crippen LogP contribution in [0, 0.1) is 5.92 Å². The molecule has 5 rings (SSSR count). The zero-order valence-corrected chi connectivity index (χ0v) is 19.7. The monoisotopic (exact) mass is 472 g/mol. The normalized spacial score (nSPS) is 14.3. The number of amides is 2. The van der Waals surface area contributed by atoms with Crippen LogP contribution < -0.4 is 20.1 Å². The largest absolute Gasteiger partial charge is 0.454 e. The fourth-order valence-electron chi connectivity index (χ4n) is 4.69. The van der Waals surface area contributed by atoms with E-state index >= 15 is 0 Å². The van der Waals surface area contributed by atoms with Gasteiger partial charge in [0.2, 0.25) is 12.7 Å². The molecule has 180 valence electrons. The van der Waals surface area contributed by atoms with Gasteiger partial charge in [-0.05, 0) is 46.7 Å². The van der Waals surface area contributed by atoms with Crippen molar-refractivity contribution in [2.24, 2.45) is 5.92 Å². The molecule has 1 atom stereocenters. The van der Waals surface area contributed by atoms with Crippen molar-refractivity contribution in [3.63, 3.8) is 0 Å². The molecule has 0 fully saturated rings. The van der Waals surface area contributed by atoms with Crippen LogP contribution in [0.2, 0.25) is 0 Å². The Balaban J connectivity index is 1.24. The number of nitrogens with one attached hydrogen (secondary N) is 2.